The van der Waals surface area contributed by atoms with Gasteiger partial charge in [-0.3, -0.25) is 0 Å². The number of sulfone groups is 1. The Labute approximate surface area is 110 Å². The van der Waals surface area contributed by atoms with E-state index in [4.69, 9.17) is 22.1 Å². The first kappa shape index (κ1) is 13.2. The lowest BCUT2D eigenvalue weighted by molar-refractivity contribution is 0.0356. The van der Waals surface area contributed by atoms with Crippen LogP contribution in [0.4, 0.5) is 5.69 Å². The van der Waals surface area contributed by atoms with E-state index in [1.165, 1.54) is 18.2 Å². The fourth-order valence-corrected chi connectivity index (χ4v) is 3.62. The maximum atomic E-state index is 11.8. The van der Waals surface area contributed by atoms with Crippen molar-refractivity contribution in [2.45, 2.75) is 12.5 Å². The van der Waals surface area contributed by atoms with Crippen LogP contribution in [0.1, 0.15) is 16.8 Å². The van der Waals surface area contributed by atoms with Gasteiger partial charge in [0, 0.05) is 5.69 Å². The second-order valence-electron chi connectivity index (χ2n) is 4.17. The molecule has 18 heavy (non-hydrogen) atoms. The third-order valence-corrected chi connectivity index (χ3v) is 4.73. The number of carbonyl (C=O) groups excluding carboxylic acids is 1. The number of anilines is 1. The molecular formula is C11H12ClNO4S. The van der Waals surface area contributed by atoms with E-state index in [0.29, 0.717) is 12.1 Å². The molecule has 0 spiro atoms. The first-order valence-corrected chi connectivity index (χ1v) is 7.54. The van der Waals surface area contributed by atoms with Crippen molar-refractivity contribution in [3.63, 3.8) is 0 Å². The van der Waals surface area contributed by atoms with E-state index in [9.17, 15) is 13.2 Å². The monoisotopic (exact) mass is 289 g/mol. The normalized spacial score (nSPS) is 21.7. The van der Waals surface area contributed by atoms with E-state index >= 15 is 0 Å². The van der Waals surface area contributed by atoms with Gasteiger partial charge in [0.25, 0.3) is 0 Å². The summed E-state index contributed by atoms with van der Waals surface area (Å²) in [7, 11) is -3.07. The molecule has 0 radical (unpaired) electrons. The summed E-state index contributed by atoms with van der Waals surface area (Å²) in [6.45, 7) is 0. The minimum Gasteiger partial charge on any atom is -0.458 e. The molecule has 1 atom stereocenters. The molecule has 1 saturated heterocycles. The Bertz CT molecular complexity index is 585. The molecule has 0 aliphatic carbocycles. The van der Waals surface area contributed by atoms with Crippen LogP contribution < -0.4 is 5.73 Å². The second-order valence-corrected chi connectivity index (χ2v) is 6.81. The van der Waals surface area contributed by atoms with Crippen molar-refractivity contribution in [2.75, 3.05) is 17.2 Å². The predicted molar refractivity (Wildman–Crippen MR) is 68.3 cm³/mol. The molecule has 1 unspecified atom stereocenters. The SMILES string of the molecule is Nc1ccc(C(=O)OC2CCS(=O)(=O)C2)c(Cl)c1. The summed E-state index contributed by atoms with van der Waals surface area (Å²) in [5, 5.41) is 0.195. The molecule has 1 aromatic rings. The van der Waals surface area contributed by atoms with Gasteiger partial charge in [-0.05, 0) is 24.6 Å². The summed E-state index contributed by atoms with van der Waals surface area (Å²) in [4.78, 5) is 11.8. The van der Waals surface area contributed by atoms with E-state index in [1.54, 1.807) is 0 Å². The highest BCUT2D eigenvalue weighted by atomic mass is 35.5. The first-order chi connectivity index (χ1) is 8.37. The van der Waals surface area contributed by atoms with Crippen LogP contribution in [-0.4, -0.2) is 32.0 Å². The number of halogens is 1. The summed E-state index contributed by atoms with van der Waals surface area (Å²) >= 11 is 5.87. The van der Waals surface area contributed by atoms with Gasteiger partial charge in [0.1, 0.15) is 6.10 Å². The predicted octanol–water partition coefficient (Wildman–Crippen LogP) is 1.27. The van der Waals surface area contributed by atoms with Crippen LogP contribution in [-0.2, 0) is 14.6 Å². The van der Waals surface area contributed by atoms with Crippen molar-refractivity contribution in [1.29, 1.82) is 0 Å². The van der Waals surface area contributed by atoms with Crippen LogP contribution >= 0.6 is 11.6 Å². The van der Waals surface area contributed by atoms with Gasteiger partial charge in [-0.1, -0.05) is 11.6 Å². The van der Waals surface area contributed by atoms with Crippen LogP contribution in [0.3, 0.4) is 0 Å². The molecule has 0 saturated carbocycles. The van der Waals surface area contributed by atoms with Gasteiger partial charge in [0.15, 0.2) is 9.84 Å². The van der Waals surface area contributed by atoms with E-state index in [1.807, 2.05) is 0 Å². The lowest BCUT2D eigenvalue weighted by atomic mass is 10.2. The molecule has 2 rings (SSSR count). The molecule has 0 bridgehead atoms. The minimum atomic E-state index is -3.07. The van der Waals surface area contributed by atoms with Crippen molar-refractivity contribution in [3.05, 3.63) is 28.8 Å². The summed E-state index contributed by atoms with van der Waals surface area (Å²) in [5.74, 6) is -0.687. The van der Waals surface area contributed by atoms with Crippen LogP contribution in [0.5, 0.6) is 0 Å². The second kappa shape index (κ2) is 4.78. The smallest absolute Gasteiger partial charge is 0.339 e. The standard InChI is InChI=1S/C11H12ClNO4S/c12-10-5-7(13)1-2-9(10)11(14)17-8-3-4-18(15,16)6-8/h1-2,5,8H,3-4,6,13H2. The zero-order valence-corrected chi connectivity index (χ0v) is 11.0. The van der Waals surface area contributed by atoms with Crippen molar-refractivity contribution >= 4 is 33.1 Å². The molecule has 0 amide bonds. The number of ether oxygens (including phenoxy) is 1. The number of hydrogen-bond donors (Lipinski definition) is 1. The Hall–Kier alpha value is -1.27. The molecule has 1 aliphatic heterocycles. The molecule has 2 N–H and O–H groups in total. The van der Waals surface area contributed by atoms with Gasteiger partial charge in [-0.2, -0.15) is 0 Å². The van der Waals surface area contributed by atoms with Gasteiger partial charge in [0.05, 0.1) is 22.1 Å². The van der Waals surface area contributed by atoms with Gasteiger partial charge < -0.3 is 10.5 Å². The van der Waals surface area contributed by atoms with E-state index in [2.05, 4.69) is 0 Å². The van der Waals surface area contributed by atoms with Crippen molar-refractivity contribution in [1.82, 2.24) is 0 Å². The fraction of sp³-hybridized carbons (Fsp3) is 0.364. The zero-order valence-electron chi connectivity index (χ0n) is 9.43. The molecule has 1 heterocycles. The van der Waals surface area contributed by atoms with Gasteiger partial charge in [0.2, 0.25) is 0 Å². The Kier molecular flexibility index (Phi) is 3.49. The first-order valence-electron chi connectivity index (χ1n) is 5.34. The Morgan fingerprint density at radius 2 is 2.17 bits per heavy atom. The maximum Gasteiger partial charge on any atom is 0.339 e. The lowest BCUT2D eigenvalue weighted by Gasteiger charge is -2.11. The lowest BCUT2D eigenvalue weighted by Crippen LogP contribution is -2.19. The number of hydrogen-bond acceptors (Lipinski definition) is 5. The third-order valence-electron chi connectivity index (χ3n) is 2.68. The molecule has 7 heteroatoms. The topological polar surface area (TPSA) is 86.5 Å². The number of nitrogen functional groups attached to an aromatic ring is 1. The minimum absolute atomic E-state index is 0.0560. The van der Waals surface area contributed by atoms with Crippen LogP contribution in [0.2, 0.25) is 5.02 Å². The Morgan fingerprint density at radius 3 is 2.72 bits per heavy atom. The Morgan fingerprint density at radius 1 is 1.44 bits per heavy atom. The van der Waals surface area contributed by atoms with Gasteiger partial charge in [-0.15, -0.1) is 0 Å². The summed E-state index contributed by atoms with van der Waals surface area (Å²) in [6.07, 6.45) is -0.253. The van der Waals surface area contributed by atoms with E-state index in [0.717, 1.165) is 0 Å². The molecule has 1 aromatic carbocycles. The van der Waals surface area contributed by atoms with E-state index < -0.39 is 21.9 Å². The van der Waals surface area contributed by atoms with Gasteiger partial charge in [-0.25, -0.2) is 13.2 Å². The number of benzene rings is 1. The third kappa shape index (κ3) is 2.94. The highest BCUT2D eigenvalue weighted by Gasteiger charge is 2.31. The van der Waals surface area contributed by atoms with E-state index in [-0.39, 0.29) is 22.1 Å². The molecule has 5 nitrogen and oxygen atoms in total. The number of esters is 1. The van der Waals surface area contributed by atoms with Crippen LogP contribution in [0, 0.1) is 0 Å². The zero-order chi connectivity index (χ0) is 13.3. The number of carbonyl (C=O) groups is 1. The molecule has 1 aliphatic rings. The number of nitrogens with two attached hydrogens (primary N) is 1. The summed E-state index contributed by atoms with van der Waals surface area (Å²) < 4.78 is 27.6. The fourth-order valence-electron chi connectivity index (χ4n) is 1.77. The average Bonchev–Trinajstić information content (AvgIpc) is 2.57. The molecular weight excluding hydrogens is 278 g/mol. The van der Waals surface area contributed by atoms with Crippen LogP contribution in [0.25, 0.3) is 0 Å². The summed E-state index contributed by atoms with van der Waals surface area (Å²) in [6, 6.07) is 4.45. The largest absolute Gasteiger partial charge is 0.458 e. The highest BCUT2D eigenvalue weighted by molar-refractivity contribution is 7.91. The average molecular weight is 290 g/mol. The quantitative estimate of drug-likeness (QED) is 0.654. The highest BCUT2D eigenvalue weighted by Crippen LogP contribution is 2.22. The van der Waals surface area contributed by atoms with Gasteiger partial charge >= 0.3 is 5.97 Å². The van der Waals surface area contributed by atoms with Crippen LogP contribution in [0.15, 0.2) is 18.2 Å². The maximum absolute atomic E-state index is 11.8. The van der Waals surface area contributed by atoms with Crippen molar-refractivity contribution < 1.29 is 17.9 Å². The molecule has 98 valence electrons. The Balaban J connectivity index is 2.09. The summed E-state index contributed by atoms with van der Waals surface area (Å²) in [5.41, 5.74) is 6.15. The number of rotatable bonds is 2. The van der Waals surface area contributed by atoms with Crippen molar-refractivity contribution in [3.8, 4) is 0 Å². The molecule has 0 aromatic heterocycles. The van der Waals surface area contributed by atoms with Crippen molar-refractivity contribution in [2.24, 2.45) is 0 Å². The molecule has 1 fully saturated rings.